The lowest BCUT2D eigenvalue weighted by Gasteiger charge is -2.10. The fraction of sp³-hybridized carbons (Fsp3) is 0. The number of halogens is 5. The predicted molar refractivity (Wildman–Crippen MR) is 86.1 cm³/mol. The number of imidazole rings is 1. The van der Waals surface area contributed by atoms with Crippen LogP contribution < -0.4 is 0 Å². The van der Waals surface area contributed by atoms with Gasteiger partial charge in [-0.15, -0.1) is 0 Å². The van der Waals surface area contributed by atoms with E-state index in [0.717, 1.165) is 0 Å². The highest BCUT2D eigenvalue weighted by molar-refractivity contribution is 6.41. The Morgan fingerprint density at radius 1 is 0.750 bits per heavy atom. The number of aromatic nitrogens is 2. The van der Waals surface area contributed by atoms with Crippen LogP contribution in [0.3, 0.4) is 0 Å². The molecule has 2 aromatic carbocycles. The average Bonchev–Trinajstić information content (AvgIpc) is 2.72. The molecule has 1 aromatic heterocycles. The first-order chi connectivity index (χ1) is 9.47. The van der Waals surface area contributed by atoms with Crippen LogP contribution in [0.1, 0.15) is 0 Å². The fourth-order valence-corrected chi connectivity index (χ4v) is 3.51. The summed E-state index contributed by atoms with van der Waals surface area (Å²) < 4.78 is 1.73. The van der Waals surface area contributed by atoms with E-state index in [1.165, 1.54) is 0 Å². The van der Waals surface area contributed by atoms with Crippen LogP contribution >= 0.6 is 58.0 Å². The molecule has 0 bridgehead atoms. The van der Waals surface area contributed by atoms with Crippen LogP contribution in [0.25, 0.3) is 16.7 Å². The zero-order valence-corrected chi connectivity index (χ0v) is 13.5. The Balaban J connectivity index is 2.36. The van der Waals surface area contributed by atoms with Crippen molar-refractivity contribution in [1.29, 1.82) is 0 Å². The number of fused-ring (bicyclic) bond motifs is 1. The molecule has 3 rings (SSSR count). The zero-order chi connectivity index (χ0) is 14.4. The Bertz CT molecular complexity index is 802. The molecule has 0 saturated carbocycles. The molecule has 0 fully saturated rings. The SMILES string of the molecule is Clc1cc(Cl)c(-n2cnc3c(Cl)cc(Cl)cc32)c(Cl)c1. The summed E-state index contributed by atoms with van der Waals surface area (Å²) >= 11 is 30.5. The second kappa shape index (κ2) is 5.28. The third-order valence-corrected chi connectivity index (χ3v) is 4.09. The smallest absolute Gasteiger partial charge is 0.108 e. The molecule has 7 heteroatoms. The zero-order valence-electron chi connectivity index (χ0n) is 9.67. The fourth-order valence-electron chi connectivity index (χ4n) is 1.98. The summed E-state index contributed by atoms with van der Waals surface area (Å²) in [6.45, 7) is 0. The van der Waals surface area contributed by atoms with Crippen molar-refractivity contribution < 1.29 is 0 Å². The summed E-state index contributed by atoms with van der Waals surface area (Å²) in [6, 6.07) is 6.61. The lowest BCUT2D eigenvalue weighted by molar-refractivity contribution is 1.09. The maximum Gasteiger partial charge on any atom is 0.108 e. The van der Waals surface area contributed by atoms with Gasteiger partial charge in [-0.2, -0.15) is 0 Å². The highest BCUT2D eigenvalue weighted by Crippen LogP contribution is 2.36. The van der Waals surface area contributed by atoms with Gasteiger partial charge in [0.25, 0.3) is 0 Å². The largest absolute Gasteiger partial charge is 0.296 e. The minimum Gasteiger partial charge on any atom is -0.296 e. The number of rotatable bonds is 1. The first-order valence-electron chi connectivity index (χ1n) is 5.44. The molecular weight excluding hydrogens is 361 g/mol. The van der Waals surface area contributed by atoms with Gasteiger partial charge in [0.1, 0.15) is 11.8 Å². The molecule has 0 saturated heterocycles. The minimum absolute atomic E-state index is 0.415. The van der Waals surface area contributed by atoms with Crippen LogP contribution in [-0.4, -0.2) is 9.55 Å². The molecule has 1 heterocycles. The Hall–Kier alpha value is -0.640. The lowest BCUT2D eigenvalue weighted by Crippen LogP contribution is -1.95. The normalized spacial score (nSPS) is 11.2. The molecule has 0 aliphatic carbocycles. The van der Waals surface area contributed by atoms with Crippen LogP contribution in [0, 0.1) is 0 Å². The monoisotopic (exact) mass is 364 g/mol. The second-order valence-corrected chi connectivity index (χ2v) is 6.18. The molecule has 0 spiro atoms. The Labute approximate surface area is 139 Å². The molecule has 0 radical (unpaired) electrons. The van der Waals surface area contributed by atoms with Gasteiger partial charge < -0.3 is 0 Å². The van der Waals surface area contributed by atoms with Gasteiger partial charge in [-0.05, 0) is 24.3 Å². The van der Waals surface area contributed by atoms with E-state index >= 15 is 0 Å². The summed E-state index contributed by atoms with van der Waals surface area (Å²) in [5.74, 6) is 0. The van der Waals surface area contributed by atoms with Gasteiger partial charge in [-0.3, -0.25) is 4.57 Å². The third-order valence-electron chi connectivity index (χ3n) is 2.79. The molecule has 0 unspecified atom stereocenters. The minimum atomic E-state index is 0.415. The highest BCUT2D eigenvalue weighted by Gasteiger charge is 2.15. The van der Waals surface area contributed by atoms with Crippen LogP contribution in [0.2, 0.25) is 25.1 Å². The van der Waals surface area contributed by atoms with E-state index in [1.54, 1.807) is 35.2 Å². The topological polar surface area (TPSA) is 17.8 Å². The van der Waals surface area contributed by atoms with E-state index in [4.69, 9.17) is 58.0 Å². The number of nitrogens with zero attached hydrogens (tertiary/aromatic N) is 2. The predicted octanol–water partition coefficient (Wildman–Crippen LogP) is 6.29. The van der Waals surface area contributed by atoms with E-state index in [0.29, 0.717) is 41.8 Å². The third kappa shape index (κ3) is 2.36. The highest BCUT2D eigenvalue weighted by atomic mass is 35.5. The Morgan fingerprint density at radius 2 is 1.30 bits per heavy atom. The molecule has 0 amide bonds. The maximum absolute atomic E-state index is 6.22. The second-order valence-electron chi connectivity index (χ2n) is 4.09. The molecule has 0 aliphatic heterocycles. The van der Waals surface area contributed by atoms with Gasteiger partial charge in [0.05, 0.1) is 26.3 Å². The molecular formula is C13H5Cl5N2. The maximum atomic E-state index is 6.22. The molecule has 0 N–H and O–H groups in total. The van der Waals surface area contributed by atoms with Gasteiger partial charge in [0.15, 0.2) is 0 Å². The molecule has 20 heavy (non-hydrogen) atoms. The van der Waals surface area contributed by atoms with E-state index < -0.39 is 0 Å². The average molecular weight is 366 g/mol. The standard InChI is InChI=1S/C13H5Cl5N2/c14-6-2-9(17)13(10(18)3-6)20-5-19-12-8(16)1-7(15)4-11(12)20/h1-5H. The quantitative estimate of drug-likeness (QED) is 0.495. The summed E-state index contributed by atoms with van der Waals surface area (Å²) in [5.41, 5.74) is 1.92. The van der Waals surface area contributed by atoms with Crippen molar-refractivity contribution in [2.24, 2.45) is 0 Å². The van der Waals surface area contributed by atoms with Crippen molar-refractivity contribution in [2.45, 2.75) is 0 Å². The van der Waals surface area contributed by atoms with Crippen molar-refractivity contribution in [3.05, 3.63) is 55.7 Å². The Kier molecular flexibility index (Phi) is 3.78. The number of hydrogen-bond acceptors (Lipinski definition) is 1. The van der Waals surface area contributed by atoms with Gasteiger partial charge >= 0.3 is 0 Å². The molecule has 2 nitrogen and oxygen atoms in total. The van der Waals surface area contributed by atoms with Gasteiger partial charge in [-0.25, -0.2) is 4.98 Å². The van der Waals surface area contributed by atoms with Crippen LogP contribution in [0.5, 0.6) is 0 Å². The molecule has 3 aromatic rings. The molecule has 0 atom stereocenters. The van der Waals surface area contributed by atoms with E-state index in [-0.39, 0.29) is 0 Å². The first-order valence-corrected chi connectivity index (χ1v) is 7.33. The van der Waals surface area contributed by atoms with Crippen molar-refractivity contribution in [1.82, 2.24) is 9.55 Å². The van der Waals surface area contributed by atoms with Gasteiger partial charge in [0.2, 0.25) is 0 Å². The summed E-state index contributed by atoms with van der Waals surface area (Å²) in [4.78, 5) is 4.26. The van der Waals surface area contributed by atoms with E-state index in [1.807, 2.05) is 0 Å². The Morgan fingerprint density at radius 3 is 1.95 bits per heavy atom. The first kappa shape index (κ1) is 14.3. The summed E-state index contributed by atoms with van der Waals surface area (Å²) in [5, 5.41) is 2.26. The van der Waals surface area contributed by atoms with Gasteiger partial charge in [-0.1, -0.05) is 58.0 Å². The number of benzene rings is 2. The van der Waals surface area contributed by atoms with Crippen molar-refractivity contribution in [3.8, 4) is 5.69 Å². The van der Waals surface area contributed by atoms with E-state index in [2.05, 4.69) is 4.98 Å². The van der Waals surface area contributed by atoms with Crippen molar-refractivity contribution in [2.75, 3.05) is 0 Å². The van der Waals surface area contributed by atoms with Crippen LogP contribution in [-0.2, 0) is 0 Å². The van der Waals surface area contributed by atoms with Crippen molar-refractivity contribution in [3.63, 3.8) is 0 Å². The van der Waals surface area contributed by atoms with Crippen LogP contribution in [0.4, 0.5) is 0 Å². The molecule has 0 aliphatic rings. The number of hydrogen-bond donors (Lipinski definition) is 0. The summed E-state index contributed by atoms with van der Waals surface area (Å²) in [6.07, 6.45) is 1.59. The molecule has 102 valence electrons. The van der Waals surface area contributed by atoms with Crippen LogP contribution in [0.15, 0.2) is 30.6 Å². The van der Waals surface area contributed by atoms with E-state index in [9.17, 15) is 0 Å². The van der Waals surface area contributed by atoms with Crippen molar-refractivity contribution >= 4 is 69.0 Å². The lowest BCUT2D eigenvalue weighted by atomic mass is 10.2. The van der Waals surface area contributed by atoms with Gasteiger partial charge in [0, 0.05) is 10.0 Å². The summed E-state index contributed by atoms with van der Waals surface area (Å²) in [7, 11) is 0.